The Morgan fingerprint density at radius 3 is 2.43 bits per heavy atom. The molecule has 0 N–H and O–H groups in total. The van der Waals surface area contributed by atoms with E-state index in [-0.39, 0.29) is 11.6 Å². The van der Waals surface area contributed by atoms with Crippen LogP contribution in [0, 0.1) is 11.3 Å². The smallest absolute Gasteiger partial charge is 0.417 e. The number of pyridine rings is 1. The van der Waals surface area contributed by atoms with Gasteiger partial charge in [0.2, 0.25) is 5.88 Å². The molecule has 2 rings (SSSR count). The molecule has 0 radical (unpaired) electrons. The molecule has 0 unspecified atom stereocenters. The molecule has 2 aromatic rings. The van der Waals surface area contributed by atoms with Crippen molar-refractivity contribution in [2.24, 2.45) is 0 Å². The van der Waals surface area contributed by atoms with E-state index in [9.17, 15) is 13.2 Å². The number of hydrogen-bond donors (Lipinski definition) is 0. The summed E-state index contributed by atoms with van der Waals surface area (Å²) in [6, 6.07) is 8.37. The molecule has 0 aliphatic rings. The van der Waals surface area contributed by atoms with Crippen molar-refractivity contribution in [2.45, 2.75) is 6.18 Å². The highest BCUT2D eigenvalue weighted by Crippen LogP contribution is 2.33. The molecule has 7 heteroatoms. The Kier molecular flexibility index (Phi) is 3.98. The predicted molar refractivity (Wildman–Crippen MR) is 67.0 cm³/mol. The first kappa shape index (κ1) is 14.7. The minimum atomic E-state index is -4.45. The summed E-state index contributed by atoms with van der Waals surface area (Å²) in [5.41, 5.74) is -0.537. The van der Waals surface area contributed by atoms with Crippen LogP contribution in [0.3, 0.4) is 0 Å². The Morgan fingerprint density at radius 1 is 1.14 bits per heavy atom. The average molecular weight is 294 g/mol. The normalized spacial score (nSPS) is 10.8. The molecule has 0 aliphatic carbocycles. The molecule has 0 saturated heterocycles. The van der Waals surface area contributed by atoms with Gasteiger partial charge in [-0.2, -0.15) is 18.4 Å². The van der Waals surface area contributed by atoms with E-state index in [0.29, 0.717) is 17.5 Å². The molecule has 0 aliphatic heterocycles. The van der Waals surface area contributed by atoms with Crippen molar-refractivity contribution in [3.8, 4) is 23.4 Å². The van der Waals surface area contributed by atoms with Crippen LogP contribution in [-0.4, -0.2) is 12.1 Å². The van der Waals surface area contributed by atoms with E-state index in [1.165, 1.54) is 25.3 Å². The fraction of sp³-hybridized carbons (Fsp3) is 0.143. The van der Waals surface area contributed by atoms with E-state index in [2.05, 4.69) is 4.98 Å². The second kappa shape index (κ2) is 5.71. The molecule has 1 aromatic carbocycles. The molecule has 21 heavy (non-hydrogen) atoms. The Hall–Kier alpha value is -2.75. The second-order valence-electron chi connectivity index (χ2n) is 3.96. The maximum absolute atomic E-state index is 12.4. The van der Waals surface area contributed by atoms with Crippen molar-refractivity contribution in [2.75, 3.05) is 7.11 Å². The first-order valence-corrected chi connectivity index (χ1v) is 5.73. The fourth-order valence-corrected chi connectivity index (χ4v) is 1.55. The number of nitrogens with zero attached hydrogens (tertiary/aromatic N) is 2. The fourth-order valence-electron chi connectivity index (χ4n) is 1.55. The van der Waals surface area contributed by atoms with Crippen LogP contribution in [0.5, 0.6) is 17.4 Å². The average Bonchev–Trinajstić information content (AvgIpc) is 2.46. The van der Waals surface area contributed by atoms with Gasteiger partial charge < -0.3 is 9.47 Å². The molecular formula is C14H9F3N2O2. The number of aromatic nitrogens is 1. The molecule has 1 aromatic heterocycles. The Bertz CT molecular complexity index is 676. The lowest BCUT2D eigenvalue weighted by molar-refractivity contribution is -0.137. The maximum atomic E-state index is 12.4. The molecule has 1 heterocycles. The Morgan fingerprint density at radius 2 is 1.90 bits per heavy atom. The number of rotatable bonds is 3. The van der Waals surface area contributed by atoms with Crippen molar-refractivity contribution in [1.29, 1.82) is 5.26 Å². The van der Waals surface area contributed by atoms with Gasteiger partial charge in [-0.1, -0.05) is 0 Å². The first-order chi connectivity index (χ1) is 9.94. The van der Waals surface area contributed by atoms with E-state index < -0.39 is 11.7 Å². The molecule has 108 valence electrons. The molecule has 0 saturated carbocycles. The number of benzene rings is 1. The highest BCUT2D eigenvalue weighted by molar-refractivity contribution is 5.48. The molecule has 0 bridgehead atoms. The quantitative estimate of drug-likeness (QED) is 0.864. The van der Waals surface area contributed by atoms with Crippen molar-refractivity contribution >= 4 is 0 Å². The third kappa shape index (κ3) is 3.42. The van der Waals surface area contributed by atoms with Crippen LogP contribution in [0.1, 0.15) is 11.1 Å². The molecule has 0 fully saturated rings. The van der Waals surface area contributed by atoms with Crippen molar-refractivity contribution in [3.05, 3.63) is 47.7 Å². The maximum Gasteiger partial charge on any atom is 0.417 e. The third-order valence-electron chi connectivity index (χ3n) is 2.57. The zero-order chi connectivity index (χ0) is 15.5. The van der Waals surface area contributed by atoms with E-state index in [0.717, 1.165) is 12.1 Å². The van der Waals surface area contributed by atoms with Crippen LogP contribution in [0.15, 0.2) is 36.5 Å². The predicted octanol–water partition coefficient (Wildman–Crippen LogP) is 3.77. The van der Waals surface area contributed by atoms with Crippen molar-refractivity contribution in [1.82, 2.24) is 4.98 Å². The summed E-state index contributed by atoms with van der Waals surface area (Å²) < 4.78 is 47.7. The summed E-state index contributed by atoms with van der Waals surface area (Å²) in [7, 11) is 1.41. The van der Waals surface area contributed by atoms with Gasteiger partial charge in [-0.25, -0.2) is 4.98 Å². The standard InChI is InChI=1S/C14H9F3N2O2/c1-20-11-4-2-9(7-18)6-12(11)21-13-5-3-10(8-19-13)14(15,16)17/h2-6,8H,1H3. The van der Waals surface area contributed by atoms with Crippen LogP contribution >= 0.6 is 0 Å². The van der Waals surface area contributed by atoms with Gasteiger partial charge in [0.1, 0.15) is 0 Å². The Labute approximate surface area is 118 Å². The number of alkyl halides is 3. The van der Waals surface area contributed by atoms with Crippen LogP contribution < -0.4 is 9.47 Å². The number of hydrogen-bond acceptors (Lipinski definition) is 4. The number of methoxy groups -OCH3 is 1. The van der Waals surface area contributed by atoms with Crippen molar-refractivity contribution in [3.63, 3.8) is 0 Å². The van der Waals surface area contributed by atoms with E-state index in [4.69, 9.17) is 14.7 Å². The van der Waals surface area contributed by atoms with Crippen LogP contribution in [0.2, 0.25) is 0 Å². The van der Waals surface area contributed by atoms with Gasteiger partial charge in [-0.3, -0.25) is 0 Å². The first-order valence-electron chi connectivity index (χ1n) is 5.73. The van der Waals surface area contributed by atoms with Crippen LogP contribution in [0.25, 0.3) is 0 Å². The Balaban J connectivity index is 2.28. The van der Waals surface area contributed by atoms with Crippen LogP contribution in [0.4, 0.5) is 13.2 Å². The summed E-state index contributed by atoms with van der Waals surface area (Å²) in [4.78, 5) is 3.59. The third-order valence-corrected chi connectivity index (χ3v) is 2.57. The second-order valence-corrected chi connectivity index (χ2v) is 3.96. The zero-order valence-electron chi connectivity index (χ0n) is 10.8. The monoisotopic (exact) mass is 294 g/mol. The summed E-state index contributed by atoms with van der Waals surface area (Å²) in [5.74, 6) is 0.510. The van der Waals surface area contributed by atoms with Gasteiger partial charge in [0.05, 0.1) is 24.3 Å². The summed E-state index contributed by atoms with van der Waals surface area (Å²) in [6.07, 6.45) is -3.78. The summed E-state index contributed by atoms with van der Waals surface area (Å²) in [6.45, 7) is 0. The van der Waals surface area contributed by atoms with Crippen molar-refractivity contribution < 1.29 is 22.6 Å². The summed E-state index contributed by atoms with van der Waals surface area (Å²) in [5, 5.41) is 8.83. The van der Waals surface area contributed by atoms with Gasteiger partial charge >= 0.3 is 6.18 Å². The molecular weight excluding hydrogens is 285 g/mol. The lowest BCUT2D eigenvalue weighted by atomic mass is 10.2. The van der Waals surface area contributed by atoms with Gasteiger partial charge in [0.15, 0.2) is 11.5 Å². The number of nitriles is 1. The highest BCUT2D eigenvalue weighted by Gasteiger charge is 2.30. The SMILES string of the molecule is COc1ccc(C#N)cc1Oc1ccc(C(F)(F)F)cn1. The van der Waals surface area contributed by atoms with Gasteiger partial charge in [-0.15, -0.1) is 0 Å². The molecule has 0 amide bonds. The van der Waals surface area contributed by atoms with Gasteiger partial charge in [0, 0.05) is 18.3 Å². The minimum Gasteiger partial charge on any atom is -0.493 e. The molecule has 0 spiro atoms. The highest BCUT2D eigenvalue weighted by atomic mass is 19.4. The van der Waals surface area contributed by atoms with E-state index >= 15 is 0 Å². The number of ether oxygens (including phenoxy) is 2. The lowest BCUT2D eigenvalue weighted by Crippen LogP contribution is -2.05. The topological polar surface area (TPSA) is 55.1 Å². The zero-order valence-corrected chi connectivity index (χ0v) is 10.8. The molecule has 4 nitrogen and oxygen atoms in total. The van der Waals surface area contributed by atoms with Gasteiger partial charge in [-0.05, 0) is 18.2 Å². The van der Waals surface area contributed by atoms with Gasteiger partial charge in [0.25, 0.3) is 0 Å². The lowest BCUT2D eigenvalue weighted by Gasteiger charge is -2.10. The van der Waals surface area contributed by atoms with E-state index in [1.54, 1.807) is 0 Å². The van der Waals surface area contributed by atoms with Crippen LogP contribution in [-0.2, 0) is 6.18 Å². The van der Waals surface area contributed by atoms with E-state index in [1.807, 2.05) is 6.07 Å². The number of halogens is 3. The minimum absolute atomic E-state index is 0.0311. The molecule has 0 atom stereocenters. The largest absolute Gasteiger partial charge is 0.493 e. The summed E-state index contributed by atoms with van der Waals surface area (Å²) >= 11 is 0.